The molecule has 9 heavy (non-hydrogen) atoms. The number of thioether (sulfide) groups is 1. The Hall–Kier alpha value is 0.310. The van der Waals surface area contributed by atoms with Crippen LogP contribution in [0.15, 0.2) is 0 Å². The molecule has 1 nitrogen and oxygen atoms in total. The van der Waals surface area contributed by atoms with Gasteiger partial charge in [0.1, 0.15) is 0 Å². The molecule has 0 aromatic heterocycles. The minimum Gasteiger partial charge on any atom is -0.393 e. The average Bonchev–Trinajstić information content (AvgIpc) is 2.48. The minimum atomic E-state index is -0.101. The number of aliphatic hydroxyl groups excluding tert-OH is 1. The van der Waals surface area contributed by atoms with E-state index in [0.29, 0.717) is 0 Å². The highest BCUT2D eigenvalue weighted by Gasteiger charge is 2.20. The molecule has 1 saturated carbocycles. The van der Waals surface area contributed by atoms with Gasteiger partial charge in [0, 0.05) is 5.25 Å². The van der Waals surface area contributed by atoms with E-state index >= 15 is 0 Å². The molecule has 54 valence electrons. The van der Waals surface area contributed by atoms with Gasteiger partial charge in [-0.15, -0.1) is 0 Å². The van der Waals surface area contributed by atoms with Crippen molar-refractivity contribution >= 4 is 11.8 Å². The van der Waals surface area contributed by atoms with Gasteiger partial charge >= 0.3 is 0 Å². The first-order chi connectivity index (χ1) is 4.29. The van der Waals surface area contributed by atoms with Crippen LogP contribution in [0.5, 0.6) is 0 Å². The largest absolute Gasteiger partial charge is 0.393 e. The molecule has 0 aliphatic heterocycles. The van der Waals surface area contributed by atoms with Crippen molar-refractivity contribution in [3.63, 3.8) is 0 Å². The van der Waals surface area contributed by atoms with Crippen molar-refractivity contribution in [1.29, 1.82) is 0 Å². The molecule has 0 saturated heterocycles. The van der Waals surface area contributed by atoms with E-state index in [1.54, 1.807) is 0 Å². The van der Waals surface area contributed by atoms with Crippen molar-refractivity contribution in [2.24, 2.45) is 0 Å². The molecule has 0 bridgehead atoms. The number of hydrogen-bond donors (Lipinski definition) is 1. The van der Waals surface area contributed by atoms with Gasteiger partial charge in [0.05, 0.1) is 6.10 Å². The summed E-state index contributed by atoms with van der Waals surface area (Å²) in [5, 5.41) is 9.82. The Morgan fingerprint density at radius 1 is 1.67 bits per heavy atom. The SMILES string of the molecule is CC(O)CCSC1CC1. The third-order valence-electron chi connectivity index (χ3n) is 1.41. The third-order valence-corrected chi connectivity index (χ3v) is 2.83. The van der Waals surface area contributed by atoms with Crippen molar-refractivity contribution in [3.05, 3.63) is 0 Å². The normalized spacial score (nSPS) is 22.0. The fourth-order valence-corrected chi connectivity index (χ4v) is 1.92. The van der Waals surface area contributed by atoms with Gasteiger partial charge in [-0.3, -0.25) is 0 Å². The maximum atomic E-state index is 8.87. The summed E-state index contributed by atoms with van der Waals surface area (Å²) < 4.78 is 0. The number of aliphatic hydroxyl groups is 1. The van der Waals surface area contributed by atoms with Crippen LogP contribution in [-0.2, 0) is 0 Å². The van der Waals surface area contributed by atoms with Gasteiger partial charge < -0.3 is 5.11 Å². The van der Waals surface area contributed by atoms with Crippen LogP contribution in [0.3, 0.4) is 0 Å². The van der Waals surface area contributed by atoms with E-state index < -0.39 is 0 Å². The van der Waals surface area contributed by atoms with Crippen LogP contribution in [0.4, 0.5) is 0 Å². The van der Waals surface area contributed by atoms with E-state index in [1.165, 1.54) is 12.8 Å². The zero-order valence-corrected chi connectivity index (χ0v) is 6.66. The van der Waals surface area contributed by atoms with Crippen LogP contribution in [0.1, 0.15) is 26.2 Å². The fraction of sp³-hybridized carbons (Fsp3) is 1.00. The van der Waals surface area contributed by atoms with E-state index in [1.807, 2.05) is 18.7 Å². The molecule has 1 fully saturated rings. The lowest BCUT2D eigenvalue weighted by molar-refractivity contribution is 0.192. The Balaban J connectivity index is 1.81. The predicted octanol–water partition coefficient (Wildman–Crippen LogP) is 1.65. The van der Waals surface area contributed by atoms with Crippen LogP contribution < -0.4 is 0 Å². The van der Waals surface area contributed by atoms with Crippen LogP contribution in [0.2, 0.25) is 0 Å². The first-order valence-corrected chi connectivity index (χ1v) is 4.63. The van der Waals surface area contributed by atoms with Crippen molar-refractivity contribution in [2.75, 3.05) is 5.75 Å². The van der Waals surface area contributed by atoms with Gasteiger partial charge in [0.25, 0.3) is 0 Å². The fourth-order valence-electron chi connectivity index (χ4n) is 0.640. The van der Waals surface area contributed by atoms with Crippen molar-refractivity contribution < 1.29 is 5.11 Å². The molecule has 1 aliphatic carbocycles. The lowest BCUT2D eigenvalue weighted by atomic mass is 10.3. The average molecular weight is 146 g/mol. The molecule has 2 heteroatoms. The van der Waals surface area contributed by atoms with E-state index in [-0.39, 0.29) is 6.10 Å². The first-order valence-electron chi connectivity index (χ1n) is 3.58. The highest BCUT2D eigenvalue weighted by molar-refractivity contribution is 8.00. The Morgan fingerprint density at radius 2 is 2.33 bits per heavy atom. The molecule has 0 aromatic rings. The van der Waals surface area contributed by atoms with Gasteiger partial charge in [0.15, 0.2) is 0 Å². The van der Waals surface area contributed by atoms with E-state index in [2.05, 4.69) is 0 Å². The molecule has 0 amide bonds. The highest BCUT2D eigenvalue weighted by Crippen LogP contribution is 2.34. The second kappa shape index (κ2) is 3.47. The standard InChI is InChI=1S/C7H14OS/c1-6(8)4-5-9-7-2-3-7/h6-8H,2-5H2,1H3. The second-order valence-electron chi connectivity index (χ2n) is 2.71. The zero-order valence-electron chi connectivity index (χ0n) is 5.84. The molecular weight excluding hydrogens is 132 g/mol. The smallest absolute Gasteiger partial charge is 0.0520 e. The van der Waals surface area contributed by atoms with Crippen LogP contribution >= 0.6 is 11.8 Å². The summed E-state index contributed by atoms with van der Waals surface area (Å²) in [5.74, 6) is 1.14. The van der Waals surface area contributed by atoms with Crippen LogP contribution in [0, 0.1) is 0 Å². The lowest BCUT2D eigenvalue weighted by Crippen LogP contribution is -2.00. The van der Waals surface area contributed by atoms with Crippen molar-refractivity contribution in [2.45, 2.75) is 37.5 Å². The van der Waals surface area contributed by atoms with E-state index in [9.17, 15) is 0 Å². The number of hydrogen-bond acceptors (Lipinski definition) is 2. The maximum absolute atomic E-state index is 8.87. The van der Waals surface area contributed by atoms with Gasteiger partial charge in [-0.1, -0.05) is 0 Å². The van der Waals surface area contributed by atoms with Gasteiger partial charge in [-0.05, 0) is 31.9 Å². The van der Waals surface area contributed by atoms with Gasteiger partial charge in [0.2, 0.25) is 0 Å². The molecule has 1 aliphatic rings. The topological polar surface area (TPSA) is 20.2 Å². The summed E-state index contributed by atoms with van der Waals surface area (Å²) in [6.07, 6.45) is 3.67. The predicted molar refractivity (Wildman–Crippen MR) is 41.8 cm³/mol. The molecule has 0 heterocycles. The first kappa shape index (κ1) is 7.42. The highest BCUT2D eigenvalue weighted by atomic mass is 32.2. The van der Waals surface area contributed by atoms with Gasteiger partial charge in [-0.25, -0.2) is 0 Å². The zero-order chi connectivity index (χ0) is 6.69. The molecule has 1 N–H and O–H groups in total. The Morgan fingerprint density at radius 3 is 2.78 bits per heavy atom. The number of rotatable bonds is 4. The quantitative estimate of drug-likeness (QED) is 0.651. The Bertz CT molecular complexity index is 77.0. The molecule has 1 rings (SSSR count). The summed E-state index contributed by atoms with van der Waals surface area (Å²) in [6.45, 7) is 1.85. The molecule has 0 spiro atoms. The Labute approximate surface area is 60.8 Å². The second-order valence-corrected chi connectivity index (χ2v) is 4.12. The summed E-state index contributed by atoms with van der Waals surface area (Å²) >= 11 is 2.01. The molecule has 1 unspecified atom stereocenters. The third kappa shape index (κ3) is 3.82. The van der Waals surface area contributed by atoms with Gasteiger partial charge in [-0.2, -0.15) is 11.8 Å². The monoisotopic (exact) mass is 146 g/mol. The minimum absolute atomic E-state index is 0.101. The summed E-state index contributed by atoms with van der Waals surface area (Å²) in [5.41, 5.74) is 0. The molecule has 0 aromatic carbocycles. The van der Waals surface area contributed by atoms with Crippen LogP contribution in [0.25, 0.3) is 0 Å². The van der Waals surface area contributed by atoms with E-state index in [0.717, 1.165) is 17.4 Å². The van der Waals surface area contributed by atoms with Crippen molar-refractivity contribution in [1.82, 2.24) is 0 Å². The molecule has 0 radical (unpaired) electrons. The summed E-state index contributed by atoms with van der Waals surface area (Å²) in [4.78, 5) is 0. The summed E-state index contributed by atoms with van der Waals surface area (Å²) in [6, 6.07) is 0. The van der Waals surface area contributed by atoms with E-state index in [4.69, 9.17) is 5.11 Å². The molecule has 1 atom stereocenters. The maximum Gasteiger partial charge on any atom is 0.0520 e. The lowest BCUT2D eigenvalue weighted by Gasteiger charge is -2.01. The molecular formula is C7H14OS. The summed E-state index contributed by atoms with van der Waals surface area (Å²) in [7, 11) is 0. The van der Waals surface area contributed by atoms with Crippen LogP contribution in [-0.4, -0.2) is 22.2 Å². The van der Waals surface area contributed by atoms with Crippen molar-refractivity contribution in [3.8, 4) is 0 Å². The Kier molecular flexibility index (Phi) is 2.86.